The van der Waals surface area contributed by atoms with E-state index in [4.69, 9.17) is 0 Å². The Morgan fingerprint density at radius 3 is 2.00 bits per heavy atom. The standard InChI is InChI=1S/C26H31NO/c1-25(2,3)19-13-18(14-20(24(19)28)26(4,5)6)22-15-17-11-7-9-16-10-8-12-21(27-22)23(16)17/h7-14,22,27-28H,15H2,1-6H3. The molecule has 0 bridgehead atoms. The summed E-state index contributed by atoms with van der Waals surface area (Å²) >= 11 is 0. The molecule has 3 aromatic carbocycles. The molecule has 0 aromatic heterocycles. The number of benzene rings is 3. The fraction of sp³-hybridized carbons (Fsp3) is 0.385. The van der Waals surface area contributed by atoms with Gasteiger partial charge < -0.3 is 10.4 Å². The zero-order valence-corrected chi connectivity index (χ0v) is 17.9. The van der Waals surface area contributed by atoms with Crippen LogP contribution in [0.25, 0.3) is 10.8 Å². The fourth-order valence-corrected chi connectivity index (χ4v) is 4.37. The van der Waals surface area contributed by atoms with Gasteiger partial charge in [0.2, 0.25) is 0 Å². The molecule has 0 amide bonds. The zero-order chi connectivity index (χ0) is 20.3. The van der Waals surface area contributed by atoms with Crippen LogP contribution in [-0.4, -0.2) is 5.11 Å². The van der Waals surface area contributed by atoms with Crippen LogP contribution in [0.15, 0.2) is 48.5 Å². The van der Waals surface area contributed by atoms with Crippen molar-refractivity contribution in [1.29, 1.82) is 0 Å². The van der Waals surface area contributed by atoms with Gasteiger partial charge >= 0.3 is 0 Å². The molecule has 1 heterocycles. The molecule has 3 aromatic rings. The monoisotopic (exact) mass is 373 g/mol. The second kappa shape index (κ2) is 6.27. The molecule has 0 saturated carbocycles. The summed E-state index contributed by atoms with van der Waals surface area (Å²) in [4.78, 5) is 0. The molecule has 1 unspecified atom stereocenters. The third-order valence-electron chi connectivity index (χ3n) is 5.90. The van der Waals surface area contributed by atoms with Crippen molar-refractivity contribution in [2.24, 2.45) is 0 Å². The van der Waals surface area contributed by atoms with Crippen LogP contribution in [-0.2, 0) is 17.3 Å². The summed E-state index contributed by atoms with van der Waals surface area (Å²) < 4.78 is 0. The van der Waals surface area contributed by atoms with E-state index in [1.165, 1.54) is 27.6 Å². The summed E-state index contributed by atoms with van der Waals surface area (Å²) in [6, 6.07) is 17.7. The lowest BCUT2D eigenvalue weighted by Crippen LogP contribution is -2.22. The summed E-state index contributed by atoms with van der Waals surface area (Å²) in [6.07, 6.45) is 0.951. The number of phenolic OH excluding ortho intramolecular Hbond substituents is 1. The molecular weight excluding hydrogens is 342 g/mol. The third-order valence-corrected chi connectivity index (χ3v) is 5.90. The first-order valence-electron chi connectivity index (χ1n) is 10.2. The smallest absolute Gasteiger partial charge is 0.123 e. The first-order valence-corrected chi connectivity index (χ1v) is 10.2. The number of anilines is 1. The van der Waals surface area contributed by atoms with Crippen molar-refractivity contribution in [3.05, 3.63) is 70.8 Å². The van der Waals surface area contributed by atoms with Crippen molar-refractivity contribution in [3.63, 3.8) is 0 Å². The van der Waals surface area contributed by atoms with Gasteiger partial charge in [0, 0.05) is 11.1 Å². The van der Waals surface area contributed by atoms with Crippen LogP contribution in [0.2, 0.25) is 0 Å². The largest absolute Gasteiger partial charge is 0.507 e. The fourth-order valence-electron chi connectivity index (χ4n) is 4.37. The maximum absolute atomic E-state index is 11.0. The number of rotatable bonds is 1. The van der Waals surface area contributed by atoms with Gasteiger partial charge in [-0.3, -0.25) is 0 Å². The maximum atomic E-state index is 11.0. The van der Waals surface area contributed by atoms with Gasteiger partial charge in [0.1, 0.15) is 5.75 Å². The van der Waals surface area contributed by atoms with Gasteiger partial charge in [-0.15, -0.1) is 0 Å². The van der Waals surface area contributed by atoms with Crippen molar-refractivity contribution in [2.75, 3.05) is 5.32 Å². The molecule has 0 saturated heterocycles. The third kappa shape index (κ3) is 3.15. The highest BCUT2D eigenvalue weighted by molar-refractivity contribution is 5.97. The molecule has 2 heteroatoms. The number of aromatic hydroxyl groups is 1. The number of nitrogens with one attached hydrogen (secondary N) is 1. The van der Waals surface area contributed by atoms with E-state index in [9.17, 15) is 5.11 Å². The van der Waals surface area contributed by atoms with E-state index in [1.807, 2.05) is 0 Å². The molecule has 2 nitrogen and oxygen atoms in total. The molecule has 1 aliphatic heterocycles. The molecule has 2 N–H and O–H groups in total. The van der Waals surface area contributed by atoms with E-state index in [2.05, 4.69) is 95.4 Å². The average molecular weight is 374 g/mol. The van der Waals surface area contributed by atoms with Crippen LogP contribution in [0.5, 0.6) is 5.75 Å². The predicted octanol–water partition coefficient (Wildman–Crippen LogP) is 6.85. The molecule has 0 spiro atoms. The lowest BCUT2D eigenvalue weighted by atomic mass is 9.77. The second-order valence-electron chi connectivity index (χ2n) is 10.2. The molecule has 1 atom stereocenters. The molecule has 146 valence electrons. The van der Waals surface area contributed by atoms with Crippen LogP contribution >= 0.6 is 0 Å². The minimum Gasteiger partial charge on any atom is -0.507 e. The van der Waals surface area contributed by atoms with Gasteiger partial charge in [-0.1, -0.05) is 71.9 Å². The Morgan fingerprint density at radius 1 is 0.857 bits per heavy atom. The molecule has 0 aliphatic carbocycles. The van der Waals surface area contributed by atoms with Gasteiger partial charge in [0.15, 0.2) is 0 Å². The van der Waals surface area contributed by atoms with Crippen LogP contribution in [0.1, 0.15) is 69.8 Å². The van der Waals surface area contributed by atoms with Gasteiger partial charge in [-0.05, 0) is 63.1 Å². The van der Waals surface area contributed by atoms with E-state index in [0.29, 0.717) is 5.75 Å². The Morgan fingerprint density at radius 2 is 1.43 bits per heavy atom. The SMILES string of the molecule is CC(C)(C)c1cc(C2Cc3cccc4cccc(c34)N2)cc(C(C)(C)C)c1O. The zero-order valence-electron chi connectivity index (χ0n) is 17.9. The summed E-state index contributed by atoms with van der Waals surface area (Å²) in [5.74, 6) is 0.446. The Balaban J connectivity index is 1.86. The summed E-state index contributed by atoms with van der Waals surface area (Å²) in [5, 5.41) is 17.4. The Labute approximate surface area is 168 Å². The quantitative estimate of drug-likeness (QED) is 0.489. The Bertz CT molecular complexity index is 974. The first kappa shape index (κ1) is 18.9. The van der Waals surface area contributed by atoms with Gasteiger partial charge in [-0.25, -0.2) is 0 Å². The molecule has 1 aliphatic rings. The van der Waals surface area contributed by atoms with Crippen molar-refractivity contribution in [3.8, 4) is 5.75 Å². The minimum atomic E-state index is -0.118. The van der Waals surface area contributed by atoms with Crippen LogP contribution in [0, 0.1) is 0 Å². The van der Waals surface area contributed by atoms with Crippen molar-refractivity contribution in [1.82, 2.24) is 0 Å². The number of hydrogen-bond donors (Lipinski definition) is 2. The summed E-state index contributed by atoms with van der Waals surface area (Å²) in [5.41, 5.74) is 5.65. The van der Waals surface area contributed by atoms with Crippen molar-refractivity contribution >= 4 is 16.5 Å². The summed E-state index contributed by atoms with van der Waals surface area (Å²) in [7, 11) is 0. The van der Waals surface area contributed by atoms with Crippen LogP contribution < -0.4 is 5.32 Å². The highest BCUT2D eigenvalue weighted by atomic mass is 16.3. The molecule has 4 rings (SSSR count). The summed E-state index contributed by atoms with van der Waals surface area (Å²) in [6.45, 7) is 13.0. The lowest BCUT2D eigenvalue weighted by molar-refractivity contribution is 0.422. The normalized spacial score (nSPS) is 16.9. The molecule has 0 radical (unpaired) electrons. The van der Waals surface area contributed by atoms with E-state index in [0.717, 1.165) is 17.5 Å². The van der Waals surface area contributed by atoms with E-state index >= 15 is 0 Å². The van der Waals surface area contributed by atoms with E-state index in [-0.39, 0.29) is 16.9 Å². The van der Waals surface area contributed by atoms with Crippen molar-refractivity contribution in [2.45, 2.75) is 64.8 Å². The number of phenols is 1. The average Bonchev–Trinajstić information content (AvgIpc) is 2.60. The maximum Gasteiger partial charge on any atom is 0.123 e. The molecular formula is C26H31NO. The second-order valence-corrected chi connectivity index (χ2v) is 10.2. The van der Waals surface area contributed by atoms with Crippen LogP contribution in [0.3, 0.4) is 0 Å². The van der Waals surface area contributed by atoms with E-state index in [1.54, 1.807) is 0 Å². The predicted molar refractivity (Wildman–Crippen MR) is 120 cm³/mol. The molecule has 28 heavy (non-hydrogen) atoms. The molecule has 0 fully saturated rings. The first-order chi connectivity index (χ1) is 13.1. The highest BCUT2D eigenvalue weighted by Gasteiger charge is 2.29. The van der Waals surface area contributed by atoms with Crippen LogP contribution in [0.4, 0.5) is 5.69 Å². The van der Waals surface area contributed by atoms with Gasteiger partial charge in [0.05, 0.1) is 6.04 Å². The lowest BCUT2D eigenvalue weighted by Gasteiger charge is -2.32. The van der Waals surface area contributed by atoms with Crippen molar-refractivity contribution < 1.29 is 5.11 Å². The van der Waals surface area contributed by atoms with E-state index < -0.39 is 0 Å². The Kier molecular flexibility index (Phi) is 4.22. The van der Waals surface area contributed by atoms with Gasteiger partial charge in [-0.2, -0.15) is 0 Å². The highest BCUT2D eigenvalue weighted by Crippen LogP contribution is 2.43. The number of hydrogen-bond acceptors (Lipinski definition) is 2. The minimum absolute atomic E-state index is 0.118. The van der Waals surface area contributed by atoms with Gasteiger partial charge in [0.25, 0.3) is 0 Å². The topological polar surface area (TPSA) is 32.3 Å². The Hall–Kier alpha value is -2.48.